The Morgan fingerprint density at radius 2 is 1.43 bits per heavy atom. The summed E-state index contributed by atoms with van der Waals surface area (Å²) >= 11 is 0. The Balaban J connectivity index is 1.14. The Morgan fingerprint density at radius 3 is 2.15 bits per heavy atom. The number of hydrogen-bond acceptors (Lipinski definition) is 10. The minimum Gasteiger partial charge on any atom is -0.395 e. The van der Waals surface area contributed by atoms with Crippen molar-refractivity contribution in [2.75, 3.05) is 36.9 Å². The summed E-state index contributed by atoms with van der Waals surface area (Å²) in [4.78, 5) is 25.7. The summed E-state index contributed by atoms with van der Waals surface area (Å²) < 4.78 is 0. The molecule has 0 atom stereocenters. The van der Waals surface area contributed by atoms with Gasteiger partial charge in [0.1, 0.15) is 17.4 Å². The number of anilines is 4. The monoisotopic (exact) mass is 625 g/mol. The molecule has 0 bridgehead atoms. The number of nitrogens with one attached hydrogen (secondary N) is 3. The lowest BCUT2D eigenvalue weighted by molar-refractivity contribution is 0.292. The van der Waals surface area contributed by atoms with Crippen molar-refractivity contribution in [2.45, 2.75) is 39.8 Å². The van der Waals surface area contributed by atoms with Crippen molar-refractivity contribution < 1.29 is 5.11 Å². The molecule has 1 aliphatic rings. The van der Waals surface area contributed by atoms with Gasteiger partial charge < -0.3 is 21.1 Å². The van der Waals surface area contributed by atoms with Crippen LogP contribution in [0.4, 0.5) is 23.0 Å². The minimum absolute atomic E-state index is 0.0920. The molecule has 10 nitrogen and oxygen atoms in total. The molecule has 4 aromatic heterocycles. The first-order valence-electron chi connectivity index (χ1n) is 16.2. The fraction of sp³-hybridized carbons (Fsp3) is 0.270. The number of nitrogens with zero attached hydrogens (tertiary/aromatic N) is 6. The zero-order valence-corrected chi connectivity index (χ0v) is 26.8. The lowest BCUT2D eigenvalue weighted by atomic mass is 9.94. The molecule has 0 unspecified atom stereocenters. The Labute approximate surface area is 274 Å². The van der Waals surface area contributed by atoms with Crippen LogP contribution in [-0.4, -0.2) is 61.2 Å². The van der Waals surface area contributed by atoms with Crippen molar-refractivity contribution >= 4 is 44.9 Å². The summed E-state index contributed by atoms with van der Waals surface area (Å²) in [7, 11) is 0. The van der Waals surface area contributed by atoms with Gasteiger partial charge in [-0.1, -0.05) is 24.3 Å². The van der Waals surface area contributed by atoms with Gasteiger partial charge in [0.25, 0.3) is 0 Å². The van der Waals surface area contributed by atoms with Crippen LogP contribution in [0.15, 0.2) is 79.5 Å². The van der Waals surface area contributed by atoms with Crippen molar-refractivity contribution in [3.05, 3.63) is 102 Å². The maximum atomic E-state index is 9.06. The van der Waals surface area contributed by atoms with Crippen molar-refractivity contribution in [1.82, 2.24) is 35.1 Å². The van der Waals surface area contributed by atoms with Crippen molar-refractivity contribution in [3.63, 3.8) is 0 Å². The summed E-state index contributed by atoms with van der Waals surface area (Å²) in [6, 6.07) is 18.9. The van der Waals surface area contributed by atoms with Gasteiger partial charge in [0.2, 0.25) is 0 Å². The molecule has 0 aliphatic carbocycles. The molecule has 1 fully saturated rings. The molecular weight excluding hydrogens is 586 g/mol. The van der Waals surface area contributed by atoms with E-state index in [-0.39, 0.29) is 6.61 Å². The van der Waals surface area contributed by atoms with Crippen LogP contribution >= 0.6 is 0 Å². The molecule has 1 saturated heterocycles. The Bertz CT molecular complexity index is 2040. The van der Waals surface area contributed by atoms with Gasteiger partial charge in [0.15, 0.2) is 11.6 Å². The summed E-state index contributed by atoms with van der Waals surface area (Å²) in [5.41, 5.74) is 10.9. The molecule has 10 heteroatoms. The quantitative estimate of drug-likeness (QED) is 0.120. The van der Waals surface area contributed by atoms with Gasteiger partial charge in [-0.15, -0.1) is 0 Å². The largest absolute Gasteiger partial charge is 0.395 e. The topological polar surface area (TPSA) is 124 Å². The molecule has 4 N–H and O–H groups in total. The fourth-order valence-corrected chi connectivity index (χ4v) is 6.35. The lowest BCUT2D eigenvalue weighted by Crippen LogP contribution is -2.18. The average molecular weight is 626 g/mol. The molecule has 2 aromatic carbocycles. The highest BCUT2D eigenvalue weighted by Crippen LogP contribution is 2.36. The summed E-state index contributed by atoms with van der Waals surface area (Å²) in [5, 5.41) is 20.4. The van der Waals surface area contributed by atoms with Crippen LogP contribution in [0.2, 0.25) is 0 Å². The SMILES string of the molecule is Cc1c(Nc2nccc3cc(CN4CCCC4)cnc23)cccc1-c1cccc(Nc2ncnc3cc(CNCCO)cnc23)c1C. The summed E-state index contributed by atoms with van der Waals surface area (Å²) in [6.45, 7) is 8.75. The molecular formula is C37H39N9O. The van der Waals surface area contributed by atoms with Crippen LogP contribution in [0.25, 0.3) is 33.1 Å². The Hall–Kier alpha value is -5.03. The van der Waals surface area contributed by atoms with Crippen molar-refractivity contribution in [2.24, 2.45) is 0 Å². The van der Waals surface area contributed by atoms with E-state index in [1.807, 2.05) is 30.7 Å². The summed E-state index contributed by atoms with van der Waals surface area (Å²) in [5.74, 6) is 1.40. The van der Waals surface area contributed by atoms with Crippen LogP contribution in [0.5, 0.6) is 0 Å². The number of aliphatic hydroxyl groups excluding tert-OH is 1. The predicted octanol–water partition coefficient (Wildman–Crippen LogP) is 6.42. The predicted molar refractivity (Wildman–Crippen MR) is 188 cm³/mol. The van der Waals surface area contributed by atoms with E-state index >= 15 is 0 Å². The molecule has 0 amide bonds. The van der Waals surface area contributed by atoms with E-state index in [0.29, 0.717) is 24.4 Å². The number of pyridine rings is 3. The van der Waals surface area contributed by atoms with Crippen molar-refractivity contribution in [3.8, 4) is 11.1 Å². The molecule has 0 radical (unpaired) electrons. The van der Waals surface area contributed by atoms with Gasteiger partial charge in [0.05, 0.1) is 12.1 Å². The molecule has 1 aliphatic heterocycles. The summed E-state index contributed by atoms with van der Waals surface area (Å²) in [6.07, 6.45) is 9.78. The average Bonchev–Trinajstić information content (AvgIpc) is 3.60. The lowest BCUT2D eigenvalue weighted by Gasteiger charge is -2.18. The second-order valence-corrected chi connectivity index (χ2v) is 12.1. The maximum Gasteiger partial charge on any atom is 0.160 e. The van der Waals surface area contributed by atoms with Crippen LogP contribution < -0.4 is 16.0 Å². The van der Waals surface area contributed by atoms with Gasteiger partial charge in [0, 0.05) is 55.0 Å². The molecule has 0 saturated carbocycles. The Morgan fingerprint density at radius 1 is 0.745 bits per heavy atom. The second-order valence-electron chi connectivity index (χ2n) is 12.1. The van der Waals surface area contributed by atoms with E-state index in [1.54, 1.807) is 6.33 Å². The molecule has 47 heavy (non-hydrogen) atoms. The zero-order chi connectivity index (χ0) is 32.2. The molecule has 6 aromatic rings. The van der Waals surface area contributed by atoms with Gasteiger partial charge in [-0.2, -0.15) is 0 Å². The van der Waals surface area contributed by atoms with E-state index in [1.165, 1.54) is 18.4 Å². The number of benzene rings is 2. The fourth-order valence-electron chi connectivity index (χ4n) is 6.35. The minimum atomic E-state index is 0.0920. The molecule has 7 rings (SSSR count). The number of rotatable bonds is 11. The third-order valence-electron chi connectivity index (χ3n) is 8.87. The number of likely N-dealkylation sites (tertiary alicyclic amines) is 1. The highest BCUT2D eigenvalue weighted by atomic mass is 16.3. The smallest absolute Gasteiger partial charge is 0.160 e. The molecule has 5 heterocycles. The normalized spacial score (nSPS) is 13.4. The highest BCUT2D eigenvalue weighted by Gasteiger charge is 2.16. The first-order chi connectivity index (χ1) is 23.1. The van der Waals surface area contributed by atoms with Crippen LogP contribution in [0.3, 0.4) is 0 Å². The van der Waals surface area contributed by atoms with Gasteiger partial charge in [-0.05, 0) is 103 Å². The third-order valence-corrected chi connectivity index (χ3v) is 8.87. The number of aliphatic hydroxyl groups is 1. The highest BCUT2D eigenvalue weighted by molar-refractivity contribution is 5.92. The van der Waals surface area contributed by atoms with E-state index in [2.05, 4.69) is 97.1 Å². The first-order valence-corrected chi connectivity index (χ1v) is 16.2. The zero-order valence-electron chi connectivity index (χ0n) is 26.8. The van der Waals surface area contributed by atoms with Gasteiger partial charge in [-0.25, -0.2) is 15.0 Å². The Kier molecular flexibility index (Phi) is 8.96. The van der Waals surface area contributed by atoms with Crippen LogP contribution in [0, 0.1) is 13.8 Å². The van der Waals surface area contributed by atoms with E-state index in [4.69, 9.17) is 10.1 Å². The van der Waals surface area contributed by atoms with Crippen molar-refractivity contribution in [1.29, 1.82) is 0 Å². The third kappa shape index (κ3) is 6.62. The molecule has 0 spiro atoms. The van der Waals surface area contributed by atoms with E-state index < -0.39 is 0 Å². The standard InChI is InChI=1S/C37H39N9O/c1-24-29(7-5-9-31(24)44-36-34-28(11-12-39-36)17-27(21-40-34)22-46-14-3-4-15-46)30-8-6-10-32(25(30)2)45-37-35-33(42-23-43-37)18-26(20-41-35)19-38-13-16-47/h5-12,17-18,20-21,23,38,47H,3-4,13-16,19,22H2,1-2H3,(H,39,44)(H,42,43,45). The second kappa shape index (κ2) is 13.8. The first kappa shape index (κ1) is 30.6. The van der Waals surface area contributed by atoms with Gasteiger partial charge >= 0.3 is 0 Å². The maximum absolute atomic E-state index is 9.06. The van der Waals surface area contributed by atoms with Gasteiger partial charge in [-0.3, -0.25) is 14.9 Å². The van der Waals surface area contributed by atoms with Crippen LogP contribution in [0.1, 0.15) is 35.1 Å². The number of hydrogen-bond donors (Lipinski definition) is 4. The van der Waals surface area contributed by atoms with E-state index in [0.717, 1.165) is 81.1 Å². The molecule has 238 valence electrons. The van der Waals surface area contributed by atoms with Crippen LogP contribution in [-0.2, 0) is 13.1 Å². The van der Waals surface area contributed by atoms with E-state index in [9.17, 15) is 0 Å². The number of aromatic nitrogens is 5. The number of fused-ring (bicyclic) bond motifs is 2.